The van der Waals surface area contributed by atoms with Crippen molar-refractivity contribution in [2.24, 2.45) is 0 Å². The number of anilines is 1. The summed E-state index contributed by atoms with van der Waals surface area (Å²) >= 11 is 0. The Morgan fingerprint density at radius 2 is 1.14 bits per heavy atom. The highest BCUT2D eigenvalue weighted by Crippen LogP contribution is 2.45. The number of benzene rings is 3. The van der Waals surface area contributed by atoms with E-state index in [0.29, 0.717) is 11.5 Å². The molecule has 3 heteroatoms. The van der Waals surface area contributed by atoms with Crippen molar-refractivity contribution < 1.29 is 10.2 Å². The van der Waals surface area contributed by atoms with Gasteiger partial charge in [0.1, 0.15) is 11.5 Å². The molecule has 1 aliphatic rings. The van der Waals surface area contributed by atoms with Gasteiger partial charge in [-0.25, -0.2) is 0 Å². The van der Waals surface area contributed by atoms with Gasteiger partial charge in [-0.1, -0.05) is 49.6 Å². The fourth-order valence-corrected chi connectivity index (χ4v) is 4.22. The second-order valence-corrected chi connectivity index (χ2v) is 8.08. The maximum absolute atomic E-state index is 9.51. The Hall–Kier alpha value is -2.94. The van der Waals surface area contributed by atoms with Gasteiger partial charge in [-0.15, -0.1) is 0 Å². The lowest BCUT2D eigenvalue weighted by Crippen LogP contribution is -2.30. The molecule has 1 saturated carbocycles. The van der Waals surface area contributed by atoms with Gasteiger partial charge < -0.3 is 15.9 Å². The Morgan fingerprint density at radius 3 is 1.55 bits per heavy atom. The van der Waals surface area contributed by atoms with Crippen LogP contribution >= 0.6 is 0 Å². The van der Waals surface area contributed by atoms with Gasteiger partial charge in [-0.3, -0.25) is 0 Å². The maximum atomic E-state index is 9.51. The van der Waals surface area contributed by atoms with Crippen molar-refractivity contribution in [2.45, 2.75) is 51.4 Å². The Bertz CT molecular complexity index is 876. The third kappa shape index (κ3) is 4.92. The fraction of sp³-hybridized carbons (Fsp3) is 0.308. The van der Waals surface area contributed by atoms with Crippen molar-refractivity contribution in [3.05, 3.63) is 89.0 Å². The van der Waals surface area contributed by atoms with E-state index in [9.17, 15) is 10.2 Å². The molecule has 0 radical (unpaired) electrons. The second-order valence-electron chi connectivity index (χ2n) is 8.08. The molecule has 1 aliphatic carbocycles. The minimum Gasteiger partial charge on any atom is -0.508 e. The molecule has 3 nitrogen and oxygen atoms in total. The van der Waals surface area contributed by atoms with E-state index in [2.05, 4.69) is 13.8 Å². The highest BCUT2D eigenvalue weighted by molar-refractivity contribution is 5.44. The third-order valence-electron chi connectivity index (χ3n) is 6.08. The minimum absolute atomic E-state index is 0.0274. The zero-order valence-electron chi connectivity index (χ0n) is 17.4. The predicted molar refractivity (Wildman–Crippen MR) is 120 cm³/mol. The first-order valence-corrected chi connectivity index (χ1v) is 10.3. The average Bonchev–Trinajstić information content (AvgIpc) is 2.73. The Morgan fingerprint density at radius 1 is 0.655 bits per heavy atom. The SMILES string of the molecule is Cc1ccc(N)cc1C.Oc1ccc(C2(c3ccc(O)cc3)CCCCC2)cc1. The van der Waals surface area contributed by atoms with E-state index in [1.807, 2.05) is 42.5 Å². The zero-order valence-corrected chi connectivity index (χ0v) is 17.4. The molecule has 152 valence electrons. The molecule has 0 amide bonds. The van der Waals surface area contributed by atoms with Crippen molar-refractivity contribution in [1.29, 1.82) is 0 Å². The fourth-order valence-electron chi connectivity index (χ4n) is 4.22. The smallest absolute Gasteiger partial charge is 0.115 e. The van der Waals surface area contributed by atoms with Crippen LogP contribution in [0.4, 0.5) is 5.69 Å². The van der Waals surface area contributed by atoms with E-state index < -0.39 is 0 Å². The summed E-state index contributed by atoms with van der Waals surface area (Å²) in [4.78, 5) is 0. The highest BCUT2D eigenvalue weighted by Gasteiger charge is 2.35. The van der Waals surface area contributed by atoms with Gasteiger partial charge in [0.25, 0.3) is 0 Å². The van der Waals surface area contributed by atoms with Crippen LogP contribution in [-0.4, -0.2) is 10.2 Å². The summed E-state index contributed by atoms with van der Waals surface area (Å²) in [7, 11) is 0. The van der Waals surface area contributed by atoms with Gasteiger partial charge in [-0.2, -0.15) is 0 Å². The molecular formula is C26H31NO2. The third-order valence-corrected chi connectivity index (χ3v) is 6.08. The van der Waals surface area contributed by atoms with Crippen LogP contribution in [0.15, 0.2) is 66.7 Å². The zero-order chi connectivity index (χ0) is 20.9. The largest absolute Gasteiger partial charge is 0.508 e. The summed E-state index contributed by atoms with van der Waals surface area (Å²) < 4.78 is 0. The van der Waals surface area contributed by atoms with Gasteiger partial charge in [0, 0.05) is 11.1 Å². The van der Waals surface area contributed by atoms with Crippen LogP contribution in [-0.2, 0) is 5.41 Å². The van der Waals surface area contributed by atoms with Crippen LogP contribution < -0.4 is 5.73 Å². The van der Waals surface area contributed by atoms with Crippen LogP contribution in [0.1, 0.15) is 54.4 Å². The molecule has 0 heterocycles. The molecule has 3 aromatic rings. The molecule has 4 rings (SSSR count). The van der Waals surface area contributed by atoms with E-state index in [1.54, 1.807) is 24.3 Å². The molecule has 0 saturated heterocycles. The second kappa shape index (κ2) is 9.04. The molecular weight excluding hydrogens is 358 g/mol. The number of phenols is 2. The summed E-state index contributed by atoms with van der Waals surface area (Å²) in [6.07, 6.45) is 5.99. The predicted octanol–water partition coefficient (Wildman–Crippen LogP) is 6.23. The summed E-state index contributed by atoms with van der Waals surface area (Å²) in [6.45, 7) is 4.14. The number of aryl methyl sites for hydroxylation is 2. The summed E-state index contributed by atoms with van der Waals surface area (Å²) in [5.41, 5.74) is 11.5. The molecule has 0 unspecified atom stereocenters. The average molecular weight is 390 g/mol. The molecule has 0 bridgehead atoms. The van der Waals surface area contributed by atoms with E-state index in [1.165, 1.54) is 41.5 Å². The first-order chi connectivity index (χ1) is 13.9. The molecule has 0 atom stereocenters. The normalized spacial score (nSPS) is 15.2. The van der Waals surface area contributed by atoms with Gasteiger partial charge in [0.05, 0.1) is 0 Å². The summed E-state index contributed by atoms with van der Waals surface area (Å²) in [6, 6.07) is 21.2. The lowest BCUT2D eigenvalue weighted by molar-refractivity contribution is 0.345. The molecule has 4 N–H and O–H groups in total. The first kappa shape index (κ1) is 20.8. The first-order valence-electron chi connectivity index (χ1n) is 10.3. The summed E-state index contributed by atoms with van der Waals surface area (Å²) in [5, 5.41) is 19.0. The maximum Gasteiger partial charge on any atom is 0.115 e. The van der Waals surface area contributed by atoms with Crippen LogP contribution in [0.25, 0.3) is 0 Å². The number of nitrogens with two attached hydrogens (primary N) is 1. The standard InChI is InChI=1S/C18H20O2.C8H11N/c19-16-8-4-14(5-9-16)18(12-2-1-3-13-18)15-6-10-17(20)11-7-15;1-6-3-4-8(9)5-7(6)2/h4-11,19-20H,1-3,12-13H2;3-5H,9H2,1-2H3. The highest BCUT2D eigenvalue weighted by atomic mass is 16.3. The van der Waals surface area contributed by atoms with E-state index in [-0.39, 0.29) is 5.41 Å². The van der Waals surface area contributed by atoms with Crippen LogP contribution in [0.5, 0.6) is 11.5 Å². The van der Waals surface area contributed by atoms with Gasteiger partial charge in [0.15, 0.2) is 0 Å². The molecule has 0 aliphatic heterocycles. The van der Waals surface area contributed by atoms with E-state index in [4.69, 9.17) is 5.73 Å². The lowest BCUT2D eigenvalue weighted by atomic mass is 9.65. The molecule has 0 spiro atoms. The number of aromatic hydroxyl groups is 2. The van der Waals surface area contributed by atoms with Crippen molar-refractivity contribution >= 4 is 5.69 Å². The number of phenolic OH excluding ortho intramolecular Hbond substituents is 2. The molecule has 0 aromatic heterocycles. The Kier molecular flexibility index (Phi) is 6.48. The van der Waals surface area contributed by atoms with E-state index >= 15 is 0 Å². The van der Waals surface area contributed by atoms with Crippen LogP contribution in [0, 0.1) is 13.8 Å². The Labute approximate surface area is 173 Å². The van der Waals surface area contributed by atoms with Crippen molar-refractivity contribution in [2.75, 3.05) is 5.73 Å². The van der Waals surface area contributed by atoms with Gasteiger partial charge in [-0.05, 0) is 85.3 Å². The van der Waals surface area contributed by atoms with Gasteiger partial charge in [0.2, 0.25) is 0 Å². The van der Waals surface area contributed by atoms with Crippen molar-refractivity contribution in [3.63, 3.8) is 0 Å². The molecule has 3 aromatic carbocycles. The monoisotopic (exact) mass is 389 g/mol. The van der Waals surface area contributed by atoms with Gasteiger partial charge >= 0.3 is 0 Å². The van der Waals surface area contributed by atoms with Crippen LogP contribution in [0.2, 0.25) is 0 Å². The van der Waals surface area contributed by atoms with Crippen molar-refractivity contribution in [3.8, 4) is 11.5 Å². The van der Waals surface area contributed by atoms with Crippen LogP contribution in [0.3, 0.4) is 0 Å². The number of hydrogen-bond acceptors (Lipinski definition) is 3. The summed E-state index contributed by atoms with van der Waals surface area (Å²) in [5.74, 6) is 0.621. The number of nitrogen functional groups attached to an aromatic ring is 1. The minimum atomic E-state index is 0.0274. The lowest BCUT2D eigenvalue weighted by Gasteiger charge is -2.38. The van der Waals surface area contributed by atoms with Crippen molar-refractivity contribution in [1.82, 2.24) is 0 Å². The van der Waals surface area contributed by atoms with E-state index in [0.717, 1.165) is 18.5 Å². The molecule has 29 heavy (non-hydrogen) atoms. The number of rotatable bonds is 2. The topological polar surface area (TPSA) is 66.5 Å². The molecule has 1 fully saturated rings. The Balaban J connectivity index is 0.000000224. The number of hydrogen-bond donors (Lipinski definition) is 3. The quantitative estimate of drug-likeness (QED) is 0.455.